The zero-order valence-electron chi connectivity index (χ0n) is 17.4. The molecule has 0 amide bonds. The lowest BCUT2D eigenvalue weighted by Crippen LogP contribution is -2.08. The van der Waals surface area contributed by atoms with Gasteiger partial charge in [0.05, 0.1) is 16.3 Å². The monoisotopic (exact) mass is 442 g/mol. The quantitative estimate of drug-likeness (QED) is 0.421. The van der Waals surface area contributed by atoms with Crippen molar-refractivity contribution in [3.63, 3.8) is 0 Å². The number of carbonyl (C=O) groups excluding carboxylic acids is 1. The Morgan fingerprint density at radius 1 is 0.938 bits per heavy atom. The van der Waals surface area contributed by atoms with Crippen LogP contribution in [0.2, 0.25) is 0 Å². The summed E-state index contributed by atoms with van der Waals surface area (Å²) in [5, 5.41) is 2.13. The van der Waals surface area contributed by atoms with Gasteiger partial charge in [-0.1, -0.05) is 36.4 Å². The smallest absolute Gasteiger partial charge is 0.184 e. The van der Waals surface area contributed by atoms with Gasteiger partial charge in [-0.05, 0) is 59.2 Å². The topological polar surface area (TPSA) is 77.0 Å². The number of ketones is 1. The van der Waals surface area contributed by atoms with Crippen LogP contribution in [0.15, 0.2) is 90.2 Å². The number of Topliss-reactive ketones (excluding diaryl/α,β-unsaturated/α-hetero) is 1. The molecule has 0 saturated heterocycles. The average molecular weight is 443 g/mol. The summed E-state index contributed by atoms with van der Waals surface area (Å²) in [7, 11) is -3.50. The first kappa shape index (κ1) is 20.5. The molecule has 0 spiro atoms. The fourth-order valence-electron chi connectivity index (χ4n) is 4.19. The first-order chi connectivity index (χ1) is 15.5. The van der Waals surface area contributed by atoms with Crippen molar-refractivity contribution in [3.05, 3.63) is 102 Å². The predicted molar refractivity (Wildman–Crippen MR) is 123 cm³/mol. The van der Waals surface area contributed by atoms with Crippen molar-refractivity contribution >= 4 is 26.4 Å². The molecule has 5 nitrogen and oxygen atoms in total. The fraction of sp³-hybridized carbons (Fsp3) is 0.192. The molecule has 0 N–H and O–H groups in total. The van der Waals surface area contributed by atoms with E-state index in [2.05, 4.69) is 9.97 Å². The van der Waals surface area contributed by atoms with E-state index in [0.29, 0.717) is 12.1 Å². The minimum absolute atomic E-state index is 0.0584. The summed E-state index contributed by atoms with van der Waals surface area (Å²) in [5.74, 6) is 0.0844. The van der Waals surface area contributed by atoms with E-state index in [1.165, 1.54) is 0 Å². The third-order valence-electron chi connectivity index (χ3n) is 6.00. The lowest BCUT2D eigenvalue weighted by Gasteiger charge is -2.07. The van der Waals surface area contributed by atoms with Crippen LogP contribution in [0, 0.1) is 5.92 Å². The van der Waals surface area contributed by atoms with Gasteiger partial charge in [0.25, 0.3) is 0 Å². The Morgan fingerprint density at radius 2 is 1.84 bits per heavy atom. The molecule has 5 rings (SSSR count). The molecule has 2 aromatic carbocycles. The summed E-state index contributed by atoms with van der Waals surface area (Å²) < 4.78 is 25.7. The second-order valence-electron chi connectivity index (χ2n) is 8.30. The van der Waals surface area contributed by atoms with Gasteiger partial charge in [-0.25, -0.2) is 8.42 Å². The molecule has 4 aromatic rings. The number of aromatic nitrogens is 2. The molecule has 1 fully saturated rings. The SMILES string of the molecule is O=C(Cc1ccc2cnccc2c1)[C@@H]1CC1c1cccc(S(=O)(=O)Cc2ccccn2)c1. The van der Waals surface area contributed by atoms with E-state index >= 15 is 0 Å². The average Bonchev–Trinajstić information content (AvgIpc) is 3.61. The second-order valence-corrected chi connectivity index (χ2v) is 10.3. The van der Waals surface area contributed by atoms with Crippen LogP contribution in [-0.2, 0) is 26.8 Å². The second kappa shape index (κ2) is 8.28. The number of sulfone groups is 1. The molecule has 1 aliphatic carbocycles. The Kier molecular flexibility index (Phi) is 5.31. The highest BCUT2D eigenvalue weighted by atomic mass is 32.2. The van der Waals surface area contributed by atoms with Crippen LogP contribution in [0.25, 0.3) is 10.8 Å². The zero-order chi connectivity index (χ0) is 22.1. The number of fused-ring (bicyclic) bond motifs is 1. The molecule has 2 heterocycles. The first-order valence-corrected chi connectivity index (χ1v) is 12.2. The number of hydrogen-bond acceptors (Lipinski definition) is 5. The predicted octanol–water partition coefficient (Wildman–Crippen LogP) is 4.52. The van der Waals surface area contributed by atoms with Crippen LogP contribution in [0.4, 0.5) is 0 Å². The maximum absolute atomic E-state index is 12.9. The maximum Gasteiger partial charge on any atom is 0.184 e. The Balaban J connectivity index is 1.29. The van der Waals surface area contributed by atoms with Gasteiger partial charge in [-0.3, -0.25) is 14.8 Å². The van der Waals surface area contributed by atoms with E-state index in [9.17, 15) is 13.2 Å². The molecule has 1 aliphatic rings. The largest absolute Gasteiger partial charge is 0.299 e. The Hall–Kier alpha value is -3.38. The van der Waals surface area contributed by atoms with Crippen molar-refractivity contribution in [2.75, 3.05) is 0 Å². The number of benzene rings is 2. The minimum atomic E-state index is -3.50. The summed E-state index contributed by atoms with van der Waals surface area (Å²) in [5.41, 5.74) is 2.42. The number of hydrogen-bond donors (Lipinski definition) is 0. The van der Waals surface area contributed by atoms with Crippen molar-refractivity contribution in [1.82, 2.24) is 9.97 Å². The fourth-order valence-corrected chi connectivity index (χ4v) is 5.52. The summed E-state index contributed by atoms with van der Waals surface area (Å²) in [6.07, 6.45) is 6.30. The van der Waals surface area contributed by atoms with Crippen molar-refractivity contribution in [3.8, 4) is 0 Å². The van der Waals surface area contributed by atoms with Gasteiger partial charge < -0.3 is 0 Å². The maximum atomic E-state index is 12.9. The summed E-state index contributed by atoms with van der Waals surface area (Å²) in [4.78, 5) is 21.4. The number of nitrogens with zero attached hydrogens (tertiary/aromatic N) is 2. The van der Waals surface area contributed by atoms with Crippen LogP contribution in [0.3, 0.4) is 0 Å². The van der Waals surface area contributed by atoms with E-state index in [0.717, 1.165) is 28.3 Å². The van der Waals surface area contributed by atoms with Gasteiger partial charge in [0, 0.05) is 36.3 Å². The lowest BCUT2D eigenvalue weighted by atomic mass is 10.0. The first-order valence-electron chi connectivity index (χ1n) is 10.6. The van der Waals surface area contributed by atoms with Gasteiger partial charge in [-0.2, -0.15) is 0 Å². The van der Waals surface area contributed by atoms with Gasteiger partial charge in [0.1, 0.15) is 5.78 Å². The van der Waals surface area contributed by atoms with Crippen LogP contribution >= 0.6 is 0 Å². The van der Waals surface area contributed by atoms with E-state index < -0.39 is 9.84 Å². The highest BCUT2D eigenvalue weighted by Gasteiger charge is 2.43. The summed E-state index contributed by atoms with van der Waals surface area (Å²) >= 11 is 0. The Labute approximate surface area is 187 Å². The molecule has 32 heavy (non-hydrogen) atoms. The molecule has 160 valence electrons. The van der Waals surface area contributed by atoms with Gasteiger partial charge >= 0.3 is 0 Å². The number of pyridine rings is 2. The van der Waals surface area contributed by atoms with Crippen molar-refractivity contribution in [1.29, 1.82) is 0 Å². The van der Waals surface area contributed by atoms with Crippen molar-refractivity contribution in [2.45, 2.75) is 29.4 Å². The molecule has 0 aliphatic heterocycles. The molecular weight excluding hydrogens is 420 g/mol. The summed E-state index contributed by atoms with van der Waals surface area (Å²) in [6.45, 7) is 0. The minimum Gasteiger partial charge on any atom is -0.299 e. The van der Waals surface area contributed by atoms with Crippen molar-refractivity contribution in [2.24, 2.45) is 5.92 Å². The molecule has 0 bridgehead atoms. The zero-order valence-corrected chi connectivity index (χ0v) is 18.2. The van der Waals surface area contributed by atoms with Crippen LogP contribution in [0.5, 0.6) is 0 Å². The Morgan fingerprint density at radius 3 is 2.69 bits per heavy atom. The molecule has 2 atom stereocenters. The molecule has 1 unspecified atom stereocenters. The molecule has 1 saturated carbocycles. The van der Waals surface area contributed by atoms with E-state index in [-0.39, 0.29) is 28.3 Å². The molecule has 6 heteroatoms. The standard InChI is InChI=1S/C26H22N2O3S/c29-26(13-18-7-8-21-16-27-11-9-19(21)12-18)25-15-24(25)20-4-3-6-23(14-20)32(30,31)17-22-5-1-2-10-28-22/h1-12,14,16,24-25H,13,15,17H2/t24?,25-/m1/s1. The number of carbonyl (C=O) groups is 1. The van der Waals surface area contributed by atoms with Crippen molar-refractivity contribution < 1.29 is 13.2 Å². The number of rotatable bonds is 7. The lowest BCUT2D eigenvalue weighted by molar-refractivity contribution is -0.119. The normalized spacial score (nSPS) is 17.9. The van der Waals surface area contributed by atoms with E-state index in [1.54, 1.807) is 48.8 Å². The van der Waals surface area contributed by atoms with E-state index in [1.807, 2.05) is 36.5 Å². The Bertz CT molecular complexity index is 1400. The van der Waals surface area contributed by atoms with Gasteiger partial charge in [0.2, 0.25) is 0 Å². The van der Waals surface area contributed by atoms with Gasteiger partial charge in [0.15, 0.2) is 9.84 Å². The molecule has 2 aromatic heterocycles. The van der Waals surface area contributed by atoms with E-state index in [4.69, 9.17) is 0 Å². The van der Waals surface area contributed by atoms with Crippen LogP contribution < -0.4 is 0 Å². The highest BCUT2D eigenvalue weighted by Crippen LogP contribution is 2.48. The van der Waals surface area contributed by atoms with Gasteiger partial charge in [-0.15, -0.1) is 0 Å². The molecular formula is C26H22N2O3S. The van der Waals surface area contributed by atoms with Crippen LogP contribution in [0.1, 0.15) is 29.2 Å². The third-order valence-corrected chi connectivity index (χ3v) is 7.64. The third kappa shape index (κ3) is 4.32. The van der Waals surface area contributed by atoms with Crippen LogP contribution in [-0.4, -0.2) is 24.2 Å². The molecule has 0 radical (unpaired) electrons. The summed E-state index contributed by atoms with van der Waals surface area (Å²) in [6, 6.07) is 20.2. The highest BCUT2D eigenvalue weighted by molar-refractivity contribution is 7.90.